The number of hydrogen-bond donors (Lipinski definition) is 2. The van der Waals surface area contributed by atoms with Gasteiger partial charge in [-0.15, -0.1) is 10.2 Å². The summed E-state index contributed by atoms with van der Waals surface area (Å²) in [6.07, 6.45) is 4.75. The minimum absolute atomic E-state index is 0.241. The zero-order valence-corrected chi connectivity index (χ0v) is 17.6. The first-order valence-electron chi connectivity index (χ1n) is 9.91. The van der Waals surface area contributed by atoms with Gasteiger partial charge in [0.05, 0.1) is 0 Å². The highest BCUT2D eigenvalue weighted by atomic mass is 32.1. The van der Waals surface area contributed by atoms with E-state index in [-0.39, 0.29) is 11.9 Å². The lowest BCUT2D eigenvalue weighted by molar-refractivity contribution is -0.117. The Morgan fingerprint density at radius 1 is 1.21 bits per heavy atom. The number of carbonyl (C=O) groups excluding carboxylic acids is 2. The quantitative estimate of drug-likeness (QED) is 0.715. The summed E-state index contributed by atoms with van der Waals surface area (Å²) < 4.78 is 0. The van der Waals surface area contributed by atoms with Crippen molar-refractivity contribution in [2.75, 3.05) is 36.4 Å². The molecule has 1 saturated heterocycles. The average Bonchev–Trinajstić information content (AvgIpc) is 3.20. The van der Waals surface area contributed by atoms with Crippen LogP contribution in [0.2, 0.25) is 0 Å². The van der Waals surface area contributed by atoms with Gasteiger partial charge in [0.15, 0.2) is 0 Å². The second-order valence-corrected chi connectivity index (χ2v) is 7.99. The van der Waals surface area contributed by atoms with E-state index < -0.39 is 6.04 Å². The van der Waals surface area contributed by atoms with Gasteiger partial charge in [0.25, 0.3) is 0 Å². The summed E-state index contributed by atoms with van der Waals surface area (Å²) in [5.41, 5.74) is 0. The molecule has 2 aromatic rings. The molecule has 10 heteroatoms. The van der Waals surface area contributed by atoms with Gasteiger partial charge in [0.2, 0.25) is 11.0 Å². The van der Waals surface area contributed by atoms with E-state index in [0.717, 1.165) is 30.1 Å². The van der Waals surface area contributed by atoms with Gasteiger partial charge in [-0.05, 0) is 25.5 Å². The Morgan fingerprint density at radius 2 is 2.00 bits per heavy atom. The number of hydrogen-bond acceptors (Lipinski definition) is 7. The molecule has 2 aromatic heterocycles. The second-order valence-electron chi connectivity index (χ2n) is 6.93. The Balaban J connectivity index is 1.44. The first kappa shape index (κ1) is 21.0. The first-order valence-corrected chi connectivity index (χ1v) is 10.7. The monoisotopic (exact) mass is 417 g/mol. The van der Waals surface area contributed by atoms with Crippen molar-refractivity contribution in [1.82, 2.24) is 25.4 Å². The molecule has 3 heterocycles. The van der Waals surface area contributed by atoms with Crippen LogP contribution in [0.1, 0.15) is 31.7 Å². The Hall–Kier alpha value is -2.75. The smallest absolute Gasteiger partial charge is 0.318 e. The maximum atomic E-state index is 12.5. The van der Waals surface area contributed by atoms with Crippen molar-refractivity contribution in [2.24, 2.45) is 0 Å². The fourth-order valence-corrected chi connectivity index (χ4v) is 3.75. The van der Waals surface area contributed by atoms with Gasteiger partial charge in [-0.1, -0.05) is 30.7 Å². The van der Waals surface area contributed by atoms with Gasteiger partial charge in [0.1, 0.15) is 16.9 Å². The number of unbranched alkanes of at least 4 members (excludes halogenated alkanes) is 1. The maximum Gasteiger partial charge on any atom is 0.318 e. The molecule has 29 heavy (non-hydrogen) atoms. The van der Waals surface area contributed by atoms with E-state index in [1.165, 1.54) is 11.3 Å². The van der Waals surface area contributed by atoms with Crippen LogP contribution >= 0.6 is 11.3 Å². The minimum Gasteiger partial charge on any atom is -0.353 e. The third-order valence-electron chi connectivity index (χ3n) is 4.71. The first-order chi connectivity index (χ1) is 14.1. The van der Waals surface area contributed by atoms with E-state index in [0.29, 0.717) is 31.3 Å². The zero-order chi connectivity index (χ0) is 20.6. The summed E-state index contributed by atoms with van der Waals surface area (Å²) in [6, 6.07) is 4.89. The molecule has 156 valence electrons. The largest absolute Gasteiger partial charge is 0.353 e. The summed E-state index contributed by atoms with van der Waals surface area (Å²) in [5, 5.41) is 14.9. The normalized spacial score (nSPS) is 15.1. The van der Waals surface area contributed by atoms with Gasteiger partial charge < -0.3 is 15.1 Å². The van der Waals surface area contributed by atoms with Gasteiger partial charge >= 0.3 is 6.03 Å². The van der Waals surface area contributed by atoms with E-state index in [1.54, 1.807) is 18.0 Å². The highest BCUT2D eigenvalue weighted by Gasteiger charge is 2.24. The maximum absolute atomic E-state index is 12.5. The van der Waals surface area contributed by atoms with E-state index in [4.69, 9.17) is 0 Å². The summed E-state index contributed by atoms with van der Waals surface area (Å²) in [5.74, 6) is 0.610. The number of pyridine rings is 1. The Morgan fingerprint density at radius 3 is 2.69 bits per heavy atom. The molecule has 0 radical (unpaired) electrons. The van der Waals surface area contributed by atoms with E-state index in [2.05, 4.69) is 37.6 Å². The molecule has 3 amide bonds. The average molecular weight is 418 g/mol. The Labute approximate surface area is 174 Å². The molecule has 1 fully saturated rings. The fraction of sp³-hybridized carbons (Fsp3) is 0.526. The van der Waals surface area contributed by atoms with Crippen LogP contribution in [0, 0.1) is 0 Å². The zero-order valence-electron chi connectivity index (χ0n) is 16.8. The lowest BCUT2D eigenvalue weighted by Gasteiger charge is -2.35. The topological polar surface area (TPSA) is 103 Å². The molecule has 0 saturated carbocycles. The molecule has 1 aliphatic heterocycles. The van der Waals surface area contributed by atoms with Crippen LogP contribution < -0.4 is 15.5 Å². The molecule has 0 bridgehead atoms. The third kappa shape index (κ3) is 5.86. The van der Waals surface area contributed by atoms with E-state index in [1.807, 2.05) is 18.2 Å². The summed E-state index contributed by atoms with van der Waals surface area (Å²) >= 11 is 1.37. The van der Waals surface area contributed by atoms with Crippen molar-refractivity contribution >= 4 is 34.2 Å². The molecule has 3 rings (SSSR count). The van der Waals surface area contributed by atoms with Gasteiger partial charge in [-0.3, -0.25) is 10.1 Å². The molecule has 0 aliphatic carbocycles. The van der Waals surface area contributed by atoms with E-state index in [9.17, 15) is 9.59 Å². The number of piperazine rings is 1. The van der Waals surface area contributed by atoms with Crippen molar-refractivity contribution in [3.63, 3.8) is 0 Å². The molecular formula is C19H27N7O2S. The molecule has 9 nitrogen and oxygen atoms in total. The molecule has 0 unspecified atom stereocenters. The highest BCUT2D eigenvalue weighted by Crippen LogP contribution is 2.17. The number of aromatic nitrogens is 3. The number of nitrogens with zero attached hydrogens (tertiary/aromatic N) is 5. The van der Waals surface area contributed by atoms with Crippen LogP contribution in [-0.2, 0) is 11.2 Å². The van der Waals surface area contributed by atoms with Crippen molar-refractivity contribution < 1.29 is 9.59 Å². The van der Waals surface area contributed by atoms with Crippen LogP contribution in [-0.4, -0.2) is 64.2 Å². The number of carbonyl (C=O) groups is 2. The standard InChI is InChI=1S/C19H27N7O2S/c1-3-4-8-16-23-24-18(29-16)22-17(27)14(2)21-19(28)26-12-10-25(11-13-26)15-7-5-6-9-20-15/h5-7,9,14H,3-4,8,10-13H2,1-2H3,(H,21,28)(H,22,24,27)/t14-/m0/s1. The molecular weight excluding hydrogens is 390 g/mol. The Bertz CT molecular complexity index is 806. The SMILES string of the molecule is CCCCc1nnc(NC(=O)[C@H](C)NC(=O)N2CCN(c3ccccn3)CC2)s1. The summed E-state index contributed by atoms with van der Waals surface area (Å²) in [7, 11) is 0. The van der Waals surface area contributed by atoms with E-state index >= 15 is 0 Å². The van der Waals surface area contributed by atoms with Gasteiger partial charge in [-0.25, -0.2) is 9.78 Å². The molecule has 1 atom stereocenters. The fourth-order valence-electron chi connectivity index (χ4n) is 2.97. The number of rotatable bonds is 7. The lowest BCUT2D eigenvalue weighted by Crippen LogP contribution is -2.54. The summed E-state index contributed by atoms with van der Waals surface area (Å²) in [4.78, 5) is 33.1. The molecule has 1 aliphatic rings. The summed E-state index contributed by atoms with van der Waals surface area (Å²) in [6.45, 7) is 6.34. The lowest BCUT2D eigenvalue weighted by atomic mass is 10.3. The predicted octanol–water partition coefficient (Wildman–Crippen LogP) is 2.13. The number of amides is 3. The molecule has 0 aromatic carbocycles. The number of anilines is 2. The molecule has 2 N–H and O–H groups in total. The van der Waals surface area contributed by atoms with Crippen molar-refractivity contribution in [3.8, 4) is 0 Å². The van der Waals surface area contributed by atoms with Crippen molar-refractivity contribution in [3.05, 3.63) is 29.4 Å². The molecule has 0 spiro atoms. The number of urea groups is 1. The van der Waals surface area contributed by atoms with Crippen LogP contribution in [0.4, 0.5) is 15.7 Å². The third-order valence-corrected chi connectivity index (χ3v) is 5.61. The second kappa shape index (κ2) is 10.1. The van der Waals surface area contributed by atoms with Crippen LogP contribution in [0.25, 0.3) is 0 Å². The van der Waals surface area contributed by atoms with Gasteiger partial charge in [-0.2, -0.15) is 0 Å². The van der Waals surface area contributed by atoms with Crippen LogP contribution in [0.5, 0.6) is 0 Å². The number of nitrogens with one attached hydrogen (secondary N) is 2. The van der Waals surface area contributed by atoms with Crippen molar-refractivity contribution in [1.29, 1.82) is 0 Å². The number of aryl methyl sites for hydroxylation is 1. The van der Waals surface area contributed by atoms with Crippen molar-refractivity contribution in [2.45, 2.75) is 39.2 Å². The Kier molecular flexibility index (Phi) is 7.34. The predicted molar refractivity (Wildman–Crippen MR) is 113 cm³/mol. The minimum atomic E-state index is -0.667. The van der Waals surface area contributed by atoms with Crippen LogP contribution in [0.3, 0.4) is 0 Å². The van der Waals surface area contributed by atoms with Gasteiger partial charge in [0, 0.05) is 38.8 Å². The highest BCUT2D eigenvalue weighted by molar-refractivity contribution is 7.15. The van der Waals surface area contributed by atoms with Crippen LogP contribution in [0.15, 0.2) is 24.4 Å².